The van der Waals surface area contributed by atoms with E-state index in [-0.39, 0.29) is 11.9 Å². The number of hydrogen-bond acceptors (Lipinski definition) is 3. The molecule has 0 radical (unpaired) electrons. The third-order valence-electron chi connectivity index (χ3n) is 3.01. The molecule has 1 amide bonds. The summed E-state index contributed by atoms with van der Waals surface area (Å²) in [6.07, 6.45) is 4.71. The number of aromatic nitrogens is 2. The van der Waals surface area contributed by atoms with Gasteiger partial charge in [0.15, 0.2) is 0 Å². The van der Waals surface area contributed by atoms with Crippen LogP contribution in [0.3, 0.4) is 0 Å². The zero-order chi connectivity index (χ0) is 12.8. The van der Waals surface area contributed by atoms with Crippen molar-refractivity contribution >= 4 is 5.91 Å². The average Bonchev–Trinajstić information content (AvgIpc) is 2.65. The molecule has 1 aromatic heterocycles. The van der Waals surface area contributed by atoms with E-state index in [9.17, 15) is 4.79 Å². The van der Waals surface area contributed by atoms with Gasteiger partial charge in [-0.25, -0.2) is 0 Å². The van der Waals surface area contributed by atoms with E-state index < -0.39 is 0 Å². The predicted molar refractivity (Wildman–Crippen MR) is 67.8 cm³/mol. The Morgan fingerprint density at radius 1 is 1.65 bits per heavy atom. The first-order valence-corrected chi connectivity index (χ1v) is 6.09. The van der Waals surface area contributed by atoms with Crippen LogP contribution in [0.1, 0.15) is 42.2 Å². The van der Waals surface area contributed by atoms with E-state index >= 15 is 0 Å². The molecule has 1 unspecified atom stereocenters. The monoisotopic (exact) mass is 238 g/mol. The summed E-state index contributed by atoms with van der Waals surface area (Å²) in [6.45, 7) is 4.48. The van der Waals surface area contributed by atoms with Crippen molar-refractivity contribution < 1.29 is 4.79 Å². The van der Waals surface area contributed by atoms with Gasteiger partial charge < -0.3 is 11.1 Å². The number of hydrogen-bond donors (Lipinski definition) is 2. The number of rotatable bonds is 6. The van der Waals surface area contributed by atoms with E-state index in [0.29, 0.717) is 12.1 Å². The molecule has 1 heterocycles. The third-order valence-corrected chi connectivity index (χ3v) is 3.01. The molecule has 0 saturated heterocycles. The Morgan fingerprint density at radius 2 is 2.35 bits per heavy atom. The van der Waals surface area contributed by atoms with Crippen molar-refractivity contribution in [2.75, 3.05) is 6.54 Å². The summed E-state index contributed by atoms with van der Waals surface area (Å²) in [5.41, 5.74) is 7.14. The number of nitrogens with one attached hydrogen (secondary N) is 1. The molecule has 0 aliphatic carbocycles. The molecule has 1 aromatic rings. The average molecular weight is 238 g/mol. The lowest BCUT2D eigenvalue weighted by Crippen LogP contribution is -2.40. The molecule has 0 aromatic carbocycles. The Kier molecular flexibility index (Phi) is 5.15. The van der Waals surface area contributed by atoms with Gasteiger partial charge >= 0.3 is 0 Å². The first-order chi connectivity index (χ1) is 8.10. The lowest BCUT2D eigenvalue weighted by Gasteiger charge is -2.16. The Balaban J connectivity index is 2.61. The largest absolute Gasteiger partial charge is 0.348 e. The summed E-state index contributed by atoms with van der Waals surface area (Å²) in [5.74, 6) is -0.0813. The molecule has 0 saturated carbocycles. The molecule has 0 aliphatic rings. The van der Waals surface area contributed by atoms with Crippen molar-refractivity contribution in [1.29, 1.82) is 0 Å². The van der Waals surface area contributed by atoms with Gasteiger partial charge in [-0.05, 0) is 13.3 Å². The summed E-state index contributed by atoms with van der Waals surface area (Å²) in [4.78, 5) is 12.0. The number of nitrogens with two attached hydrogens (primary N) is 1. The maximum Gasteiger partial charge on any atom is 0.255 e. The van der Waals surface area contributed by atoms with Gasteiger partial charge in [0.05, 0.1) is 11.8 Å². The van der Waals surface area contributed by atoms with Crippen LogP contribution in [-0.2, 0) is 7.05 Å². The highest BCUT2D eigenvalue weighted by Crippen LogP contribution is 2.07. The van der Waals surface area contributed by atoms with Crippen LogP contribution in [-0.4, -0.2) is 28.3 Å². The molecule has 1 rings (SSSR count). The molecule has 5 nitrogen and oxygen atoms in total. The van der Waals surface area contributed by atoms with E-state index in [2.05, 4.69) is 17.3 Å². The van der Waals surface area contributed by atoms with E-state index in [0.717, 1.165) is 25.0 Å². The van der Waals surface area contributed by atoms with Crippen molar-refractivity contribution in [2.24, 2.45) is 12.8 Å². The molecule has 1 atom stereocenters. The second-order valence-electron chi connectivity index (χ2n) is 4.32. The van der Waals surface area contributed by atoms with Gasteiger partial charge in [0.1, 0.15) is 0 Å². The Bertz CT molecular complexity index is 373. The molecule has 96 valence electrons. The van der Waals surface area contributed by atoms with Gasteiger partial charge in [0.25, 0.3) is 5.91 Å². The van der Waals surface area contributed by atoms with Crippen molar-refractivity contribution in [2.45, 2.75) is 39.2 Å². The fourth-order valence-electron chi connectivity index (χ4n) is 1.68. The molecular weight excluding hydrogens is 216 g/mol. The molecule has 5 heteroatoms. The van der Waals surface area contributed by atoms with Gasteiger partial charge in [-0.1, -0.05) is 19.8 Å². The van der Waals surface area contributed by atoms with E-state index in [1.807, 2.05) is 14.0 Å². The number of unbranched alkanes of at least 4 members (excludes halogenated alkanes) is 1. The van der Waals surface area contributed by atoms with Crippen molar-refractivity contribution in [3.8, 4) is 0 Å². The van der Waals surface area contributed by atoms with Gasteiger partial charge in [-0.2, -0.15) is 5.10 Å². The van der Waals surface area contributed by atoms with Crippen LogP contribution in [0.5, 0.6) is 0 Å². The number of carbonyl (C=O) groups excluding carboxylic acids is 1. The lowest BCUT2D eigenvalue weighted by molar-refractivity contribution is 0.0935. The molecule has 3 N–H and O–H groups in total. The summed E-state index contributed by atoms with van der Waals surface area (Å²) < 4.78 is 1.69. The van der Waals surface area contributed by atoms with E-state index in [1.165, 1.54) is 0 Å². The smallest absolute Gasteiger partial charge is 0.255 e. The van der Waals surface area contributed by atoms with Gasteiger partial charge in [-0.15, -0.1) is 0 Å². The second kappa shape index (κ2) is 6.39. The Hall–Kier alpha value is -1.36. The quantitative estimate of drug-likeness (QED) is 0.775. The van der Waals surface area contributed by atoms with Crippen molar-refractivity contribution in [1.82, 2.24) is 15.1 Å². The Labute approximate surface area is 102 Å². The van der Waals surface area contributed by atoms with E-state index in [1.54, 1.807) is 10.9 Å². The zero-order valence-corrected chi connectivity index (χ0v) is 10.9. The minimum absolute atomic E-state index is 0.0575. The fourth-order valence-corrected chi connectivity index (χ4v) is 1.68. The Morgan fingerprint density at radius 3 is 2.82 bits per heavy atom. The van der Waals surface area contributed by atoms with Crippen LogP contribution < -0.4 is 11.1 Å². The van der Waals surface area contributed by atoms with Gasteiger partial charge in [0, 0.05) is 25.3 Å². The summed E-state index contributed by atoms with van der Waals surface area (Å²) in [5, 5.41) is 7.01. The normalized spacial score (nSPS) is 12.5. The molecule has 0 bridgehead atoms. The SMILES string of the molecule is CCCCC(CN)NC(=O)c1cnn(C)c1C. The summed E-state index contributed by atoms with van der Waals surface area (Å²) in [7, 11) is 1.82. The van der Waals surface area contributed by atoms with Crippen LogP contribution in [0.2, 0.25) is 0 Å². The lowest BCUT2D eigenvalue weighted by atomic mass is 10.1. The van der Waals surface area contributed by atoms with Crippen molar-refractivity contribution in [3.63, 3.8) is 0 Å². The molecule has 17 heavy (non-hydrogen) atoms. The first-order valence-electron chi connectivity index (χ1n) is 6.09. The summed E-state index contributed by atoms with van der Waals surface area (Å²) >= 11 is 0. The van der Waals surface area contributed by atoms with Crippen LogP contribution in [0.4, 0.5) is 0 Å². The maximum absolute atomic E-state index is 12.0. The zero-order valence-electron chi connectivity index (χ0n) is 10.9. The van der Waals surface area contributed by atoms with Crippen LogP contribution in [0.15, 0.2) is 6.20 Å². The minimum atomic E-state index is -0.0813. The topological polar surface area (TPSA) is 72.9 Å². The second-order valence-corrected chi connectivity index (χ2v) is 4.32. The summed E-state index contributed by atoms with van der Waals surface area (Å²) in [6, 6.07) is 0.0575. The van der Waals surface area contributed by atoms with E-state index in [4.69, 9.17) is 5.73 Å². The van der Waals surface area contributed by atoms with Crippen molar-refractivity contribution in [3.05, 3.63) is 17.5 Å². The highest BCUT2D eigenvalue weighted by atomic mass is 16.1. The van der Waals surface area contributed by atoms with Crippen LogP contribution in [0, 0.1) is 6.92 Å². The van der Waals surface area contributed by atoms with Crippen LogP contribution in [0.25, 0.3) is 0 Å². The molecule has 0 spiro atoms. The molecule has 0 fully saturated rings. The van der Waals surface area contributed by atoms with Crippen LogP contribution >= 0.6 is 0 Å². The number of nitrogens with zero attached hydrogens (tertiary/aromatic N) is 2. The number of carbonyl (C=O) groups is 1. The highest BCUT2D eigenvalue weighted by Gasteiger charge is 2.16. The van der Waals surface area contributed by atoms with Gasteiger partial charge in [0.2, 0.25) is 0 Å². The van der Waals surface area contributed by atoms with Gasteiger partial charge in [-0.3, -0.25) is 9.48 Å². The highest BCUT2D eigenvalue weighted by molar-refractivity contribution is 5.95. The first kappa shape index (κ1) is 13.7. The maximum atomic E-state index is 12.0. The molecular formula is C12H22N4O. The third kappa shape index (κ3) is 3.56. The standard InChI is InChI=1S/C12H22N4O/c1-4-5-6-10(7-13)15-12(17)11-8-14-16(3)9(11)2/h8,10H,4-7,13H2,1-3H3,(H,15,17). The fraction of sp³-hybridized carbons (Fsp3) is 0.667. The predicted octanol–water partition coefficient (Wildman–Crippen LogP) is 0.976. The number of aryl methyl sites for hydroxylation is 1. The minimum Gasteiger partial charge on any atom is -0.348 e. The number of amides is 1. The molecule has 0 aliphatic heterocycles.